The molecule has 2 aromatic carbocycles. The molecule has 0 aliphatic carbocycles. The Morgan fingerprint density at radius 3 is 2.54 bits per heavy atom. The number of hydrogen-bond acceptors (Lipinski definition) is 3. The van der Waals surface area contributed by atoms with Gasteiger partial charge in [-0.1, -0.05) is 24.3 Å². The van der Waals surface area contributed by atoms with Gasteiger partial charge in [-0.3, -0.25) is 4.79 Å². The summed E-state index contributed by atoms with van der Waals surface area (Å²) in [5.74, 6) is -2.43. The van der Waals surface area contributed by atoms with Crippen LogP contribution in [0.1, 0.15) is 16.1 Å². The van der Waals surface area contributed by atoms with E-state index in [1.807, 2.05) is 24.3 Å². The van der Waals surface area contributed by atoms with Crippen molar-refractivity contribution in [3.05, 3.63) is 75.1 Å². The normalized spacial score (nSPS) is 10.6. The number of carbonyl (C=O) groups excluding carboxylic acids is 1. The fourth-order valence-electron chi connectivity index (χ4n) is 2.05. The third-order valence-electron chi connectivity index (χ3n) is 3.24. The summed E-state index contributed by atoms with van der Waals surface area (Å²) in [5.41, 5.74) is 0.471. The van der Waals surface area contributed by atoms with Crippen molar-refractivity contribution in [3.63, 3.8) is 0 Å². The smallest absolute Gasteiger partial charge is 0.278 e. The van der Waals surface area contributed by atoms with E-state index in [4.69, 9.17) is 0 Å². The molecule has 0 saturated carbocycles. The summed E-state index contributed by atoms with van der Waals surface area (Å²) in [6.07, 6.45) is 1.25. The van der Waals surface area contributed by atoms with Crippen molar-refractivity contribution in [3.8, 4) is 0 Å². The number of anilines is 1. The molecule has 8 heteroatoms. The SMILES string of the molecule is O=C(Nc1c(F)cccc1F)c1cnn(Cc2ccccc2I)n1. The van der Waals surface area contributed by atoms with E-state index in [0.29, 0.717) is 6.54 Å². The predicted octanol–water partition coefficient (Wildman–Crippen LogP) is 3.46. The van der Waals surface area contributed by atoms with Crippen molar-refractivity contribution in [1.82, 2.24) is 15.0 Å². The molecule has 3 aromatic rings. The molecule has 0 radical (unpaired) electrons. The van der Waals surface area contributed by atoms with Crippen LogP contribution in [-0.4, -0.2) is 20.9 Å². The van der Waals surface area contributed by atoms with E-state index in [0.717, 1.165) is 21.3 Å². The second-order valence-corrected chi connectivity index (χ2v) is 6.06. The first-order valence-corrected chi connectivity index (χ1v) is 8.01. The highest BCUT2D eigenvalue weighted by molar-refractivity contribution is 14.1. The Hall–Kier alpha value is -2.36. The molecule has 1 N–H and O–H groups in total. The van der Waals surface area contributed by atoms with Crippen LogP contribution < -0.4 is 5.32 Å². The van der Waals surface area contributed by atoms with Gasteiger partial charge in [0.05, 0.1) is 12.7 Å². The number of nitrogens with one attached hydrogen (secondary N) is 1. The lowest BCUT2D eigenvalue weighted by Crippen LogP contribution is -2.15. The first kappa shape index (κ1) is 16.5. The summed E-state index contributed by atoms with van der Waals surface area (Å²) in [4.78, 5) is 13.4. The average Bonchev–Trinajstić information content (AvgIpc) is 3.02. The van der Waals surface area contributed by atoms with Crippen LogP contribution in [0.2, 0.25) is 0 Å². The minimum Gasteiger partial charge on any atom is -0.316 e. The highest BCUT2D eigenvalue weighted by atomic mass is 127. The molecule has 0 atom stereocenters. The lowest BCUT2D eigenvalue weighted by Gasteiger charge is -2.05. The molecular weight excluding hydrogens is 429 g/mol. The maximum atomic E-state index is 13.6. The molecule has 0 aliphatic heterocycles. The van der Waals surface area contributed by atoms with E-state index < -0.39 is 23.2 Å². The summed E-state index contributed by atoms with van der Waals surface area (Å²) < 4.78 is 28.2. The van der Waals surface area contributed by atoms with Gasteiger partial charge < -0.3 is 5.32 Å². The van der Waals surface area contributed by atoms with Gasteiger partial charge in [-0.05, 0) is 46.4 Å². The van der Waals surface area contributed by atoms with Crippen molar-refractivity contribution < 1.29 is 13.6 Å². The van der Waals surface area contributed by atoms with E-state index in [9.17, 15) is 13.6 Å². The van der Waals surface area contributed by atoms with Crippen LogP contribution in [0.25, 0.3) is 0 Å². The molecule has 5 nitrogen and oxygen atoms in total. The zero-order valence-electron chi connectivity index (χ0n) is 12.2. The van der Waals surface area contributed by atoms with Gasteiger partial charge in [-0.25, -0.2) is 8.78 Å². The number of para-hydroxylation sites is 1. The third kappa shape index (κ3) is 3.58. The summed E-state index contributed by atoms with van der Waals surface area (Å²) >= 11 is 2.20. The highest BCUT2D eigenvalue weighted by Crippen LogP contribution is 2.18. The van der Waals surface area contributed by atoms with Crippen LogP contribution in [0.4, 0.5) is 14.5 Å². The molecule has 1 aromatic heterocycles. The Labute approximate surface area is 149 Å². The molecule has 1 amide bonds. The molecule has 0 fully saturated rings. The number of amides is 1. The van der Waals surface area contributed by atoms with E-state index >= 15 is 0 Å². The quantitative estimate of drug-likeness (QED) is 0.633. The van der Waals surface area contributed by atoms with Crippen molar-refractivity contribution in [2.45, 2.75) is 6.54 Å². The van der Waals surface area contributed by atoms with Crippen LogP contribution in [-0.2, 0) is 6.54 Å². The number of carbonyl (C=O) groups is 1. The summed E-state index contributed by atoms with van der Waals surface area (Å²) in [6.45, 7) is 0.389. The maximum Gasteiger partial charge on any atom is 0.278 e. The zero-order valence-corrected chi connectivity index (χ0v) is 14.4. The second-order valence-electron chi connectivity index (χ2n) is 4.90. The van der Waals surface area contributed by atoms with Gasteiger partial charge in [0.15, 0.2) is 5.69 Å². The molecule has 1 heterocycles. The first-order chi connectivity index (χ1) is 11.5. The monoisotopic (exact) mass is 440 g/mol. The Balaban J connectivity index is 1.76. The van der Waals surface area contributed by atoms with E-state index in [-0.39, 0.29) is 5.69 Å². The summed E-state index contributed by atoms with van der Waals surface area (Å²) in [7, 11) is 0. The van der Waals surface area contributed by atoms with Crippen LogP contribution in [0.5, 0.6) is 0 Å². The number of rotatable bonds is 4. The standard InChI is InChI=1S/C16H11F2IN4O/c17-11-5-3-6-12(18)15(11)21-16(24)14-8-20-23(22-14)9-10-4-1-2-7-13(10)19/h1-8H,9H2,(H,21,24). The second kappa shape index (κ2) is 7.04. The lowest BCUT2D eigenvalue weighted by atomic mass is 10.2. The predicted molar refractivity (Wildman–Crippen MR) is 92.6 cm³/mol. The highest BCUT2D eigenvalue weighted by Gasteiger charge is 2.16. The number of aromatic nitrogens is 3. The molecule has 0 unspecified atom stereocenters. The number of halogens is 3. The number of benzene rings is 2. The van der Waals surface area contributed by atoms with Crippen molar-refractivity contribution in [1.29, 1.82) is 0 Å². The maximum absolute atomic E-state index is 13.6. The minimum atomic E-state index is -0.852. The molecule has 0 aliphatic rings. The molecule has 0 bridgehead atoms. The van der Waals surface area contributed by atoms with Crippen molar-refractivity contribution in [2.24, 2.45) is 0 Å². The van der Waals surface area contributed by atoms with Gasteiger partial charge in [0.2, 0.25) is 0 Å². The largest absolute Gasteiger partial charge is 0.316 e. The molecule has 3 rings (SSSR count). The van der Waals surface area contributed by atoms with Gasteiger partial charge in [0, 0.05) is 3.57 Å². The van der Waals surface area contributed by atoms with Gasteiger partial charge in [-0.2, -0.15) is 9.90 Å². The van der Waals surface area contributed by atoms with Crippen LogP contribution >= 0.6 is 22.6 Å². The molecule has 24 heavy (non-hydrogen) atoms. The summed E-state index contributed by atoms with van der Waals surface area (Å²) in [5, 5.41) is 10.2. The average molecular weight is 440 g/mol. The van der Waals surface area contributed by atoms with Crippen molar-refractivity contribution in [2.75, 3.05) is 5.32 Å². The number of hydrogen-bond donors (Lipinski definition) is 1. The number of nitrogens with zero attached hydrogens (tertiary/aromatic N) is 3. The summed E-state index contributed by atoms with van der Waals surface area (Å²) in [6, 6.07) is 11.0. The molecule has 0 spiro atoms. The van der Waals surface area contributed by atoms with Crippen LogP contribution in [0.15, 0.2) is 48.7 Å². The Kier molecular flexibility index (Phi) is 4.84. The van der Waals surface area contributed by atoms with Gasteiger partial charge >= 0.3 is 0 Å². The minimum absolute atomic E-state index is 0.0245. The van der Waals surface area contributed by atoms with Crippen LogP contribution in [0.3, 0.4) is 0 Å². The zero-order chi connectivity index (χ0) is 17.1. The van der Waals surface area contributed by atoms with E-state index in [2.05, 4.69) is 38.1 Å². The molecular formula is C16H11F2IN4O. The Bertz CT molecular complexity index is 877. The third-order valence-corrected chi connectivity index (χ3v) is 4.29. The fraction of sp³-hybridized carbons (Fsp3) is 0.0625. The fourth-order valence-corrected chi connectivity index (χ4v) is 2.61. The Morgan fingerprint density at radius 1 is 1.12 bits per heavy atom. The molecule has 0 saturated heterocycles. The van der Waals surface area contributed by atoms with E-state index in [1.165, 1.54) is 17.1 Å². The lowest BCUT2D eigenvalue weighted by molar-refractivity contribution is 0.102. The van der Waals surface area contributed by atoms with Gasteiger partial charge in [-0.15, -0.1) is 5.10 Å². The topological polar surface area (TPSA) is 59.8 Å². The van der Waals surface area contributed by atoms with Crippen LogP contribution in [0, 0.1) is 15.2 Å². The first-order valence-electron chi connectivity index (χ1n) is 6.93. The van der Waals surface area contributed by atoms with Crippen molar-refractivity contribution >= 4 is 34.2 Å². The van der Waals surface area contributed by atoms with Gasteiger partial charge in [0.25, 0.3) is 5.91 Å². The van der Waals surface area contributed by atoms with E-state index in [1.54, 1.807) is 0 Å². The molecule has 122 valence electrons. The van der Waals surface area contributed by atoms with Gasteiger partial charge in [0.1, 0.15) is 17.3 Å². The Morgan fingerprint density at radius 2 is 1.83 bits per heavy atom.